The molecular weight excluding hydrogens is 174 g/mol. The second kappa shape index (κ2) is 4.11. The topological polar surface area (TPSA) is 32.3 Å². The Hall–Kier alpha value is -0.860. The third kappa shape index (κ3) is 2.34. The Bertz CT molecular complexity index is 278. The minimum atomic E-state index is -0.667. The molecule has 1 aliphatic rings. The molecule has 1 saturated heterocycles. The highest BCUT2D eigenvalue weighted by Crippen LogP contribution is 2.20. The normalized spacial score (nSPS) is 27.5. The van der Waals surface area contributed by atoms with Crippen molar-refractivity contribution in [3.8, 4) is 0 Å². The molecule has 1 aliphatic heterocycles. The summed E-state index contributed by atoms with van der Waals surface area (Å²) in [5.74, 6) is 0. The van der Waals surface area contributed by atoms with Gasteiger partial charge in [-0.15, -0.1) is 0 Å². The van der Waals surface area contributed by atoms with Gasteiger partial charge in [0.05, 0.1) is 0 Å². The highest BCUT2D eigenvalue weighted by atomic mass is 16.3. The van der Waals surface area contributed by atoms with Crippen LogP contribution in [0.25, 0.3) is 0 Å². The molecule has 1 fully saturated rings. The Morgan fingerprint density at radius 2 is 2.00 bits per heavy atom. The summed E-state index contributed by atoms with van der Waals surface area (Å²) in [6.07, 6.45) is 3.88. The quantitative estimate of drug-likeness (QED) is 0.745. The van der Waals surface area contributed by atoms with Crippen molar-refractivity contribution in [1.29, 1.82) is 0 Å². The van der Waals surface area contributed by atoms with Gasteiger partial charge in [0.1, 0.15) is 5.72 Å². The molecule has 0 unspecified atom stereocenters. The average molecular weight is 191 g/mol. The molecule has 76 valence electrons. The molecular formula is C12H17NO. The van der Waals surface area contributed by atoms with Gasteiger partial charge in [0.25, 0.3) is 0 Å². The standard InChI is InChI=1S/C12H17NO/c14-12(8-4-5-9-13-12)10-11-6-2-1-3-7-11/h1-3,6-7,13-14H,4-5,8-10H2/t12-/m1/s1. The Kier molecular flexibility index (Phi) is 2.85. The van der Waals surface area contributed by atoms with E-state index in [1.165, 1.54) is 12.0 Å². The van der Waals surface area contributed by atoms with E-state index in [1.807, 2.05) is 18.2 Å². The van der Waals surface area contributed by atoms with Gasteiger partial charge in [-0.3, -0.25) is 5.32 Å². The first-order valence-electron chi connectivity index (χ1n) is 5.30. The van der Waals surface area contributed by atoms with Gasteiger partial charge in [0.2, 0.25) is 0 Å². The van der Waals surface area contributed by atoms with Crippen molar-refractivity contribution < 1.29 is 5.11 Å². The fraction of sp³-hybridized carbons (Fsp3) is 0.500. The predicted molar refractivity (Wildman–Crippen MR) is 56.9 cm³/mol. The highest BCUT2D eigenvalue weighted by Gasteiger charge is 2.28. The largest absolute Gasteiger partial charge is 0.376 e. The van der Waals surface area contributed by atoms with Gasteiger partial charge >= 0.3 is 0 Å². The molecule has 14 heavy (non-hydrogen) atoms. The van der Waals surface area contributed by atoms with Crippen molar-refractivity contribution in [3.63, 3.8) is 0 Å². The summed E-state index contributed by atoms with van der Waals surface area (Å²) in [5, 5.41) is 13.4. The van der Waals surface area contributed by atoms with Gasteiger partial charge in [0, 0.05) is 6.42 Å². The Morgan fingerprint density at radius 3 is 2.64 bits per heavy atom. The van der Waals surface area contributed by atoms with E-state index in [-0.39, 0.29) is 0 Å². The van der Waals surface area contributed by atoms with Gasteiger partial charge in [0.15, 0.2) is 0 Å². The lowest BCUT2D eigenvalue weighted by Gasteiger charge is -2.33. The maximum atomic E-state index is 10.2. The van der Waals surface area contributed by atoms with Crippen LogP contribution in [0.2, 0.25) is 0 Å². The zero-order valence-corrected chi connectivity index (χ0v) is 8.37. The van der Waals surface area contributed by atoms with Crippen LogP contribution in [0.15, 0.2) is 30.3 Å². The first-order valence-corrected chi connectivity index (χ1v) is 5.30. The highest BCUT2D eigenvalue weighted by molar-refractivity contribution is 5.16. The van der Waals surface area contributed by atoms with E-state index in [9.17, 15) is 5.11 Å². The van der Waals surface area contributed by atoms with Crippen molar-refractivity contribution in [3.05, 3.63) is 35.9 Å². The van der Waals surface area contributed by atoms with Gasteiger partial charge < -0.3 is 5.11 Å². The van der Waals surface area contributed by atoms with Crippen molar-refractivity contribution in [2.75, 3.05) is 6.54 Å². The lowest BCUT2D eigenvalue weighted by molar-refractivity contribution is -0.0181. The van der Waals surface area contributed by atoms with E-state index >= 15 is 0 Å². The molecule has 0 bridgehead atoms. The van der Waals surface area contributed by atoms with Crippen LogP contribution in [-0.4, -0.2) is 17.4 Å². The molecule has 0 saturated carbocycles. The SMILES string of the molecule is O[C@@]1(Cc2ccccc2)CCCCN1. The molecule has 0 aliphatic carbocycles. The number of rotatable bonds is 2. The van der Waals surface area contributed by atoms with Crippen LogP contribution in [0.3, 0.4) is 0 Å². The molecule has 2 rings (SSSR count). The number of piperidine rings is 1. The molecule has 1 aromatic rings. The number of benzene rings is 1. The van der Waals surface area contributed by atoms with Gasteiger partial charge in [-0.1, -0.05) is 30.3 Å². The summed E-state index contributed by atoms with van der Waals surface area (Å²) in [6.45, 7) is 0.934. The summed E-state index contributed by atoms with van der Waals surface area (Å²) in [5.41, 5.74) is 0.531. The lowest BCUT2D eigenvalue weighted by atomic mass is 9.94. The Labute approximate surface area is 85.0 Å². The number of nitrogens with one attached hydrogen (secondary N) is 1. The van der Waals surface area contributed by atoms with E-state index < -0.39 is 5.72 Å². The van der Waals surface area contributed by atoms with Crippen LogP contribution < -0.4 is 5.32 Å². The van der Waals surface area contributed by atoms with Crippen LogP contribution in [0.1, 0.15) is 24.8 Å². The molecule has 2 N–H and O–H groups in total. The maximum Gasteiger partial charge on any atom is 0.120 e. The maximum absolute atomic E-state index is 10.2. The summed E-state index contributed by atoms with van der Waals surface area (Å²) in [7, 11) is 0. The Balaban J connectivity index is 2.02. The van der Waals surface area contributed by atoms with Crippen molar-refractivity contribution >= 4 is 0 Å². The summed E-state index contributed by atoms with van der Waals surface area (Å²) >= 11 is 0. The fourth-order valence-electron chi connectivity index (χ4n) is 2.04. The molecule has 2 nitrogen and oxygen atoms in total. The third-order valence-electron chi connectivity index (χ3n) is 2.81. The molecule has 0 aromatic heterocycles. The van der Waals surface area contributed by atoms with E-state index in [0.717, 1.165) is 19.4 Å². The van der Waals surface area contributed by atoms with Crippen LogP contribution in [-0.2, 0) is 6.42 Å². The monoisotopic (exact) mass is 191 g/mol. The van der Waals surface area contributed by atoms with Crippen LogP contribution in [0.5, 0.6) is 0 Å². The first kappa shape index (κ1) is 9.69. The van der Waals surface area contributed by atoms with Gasteiger partial charge in [-0.25, -0.2) is 0 Å². The molecule has 2 heteroatoms. The fourth-order valence-corrected chi connectivity index (χ4v) is 2.04. The number of aliphatic hydroxyl groups is 1. The molecule has 0 radical (unpaired) electrons. The molecule has 0 amide bonds. The predicted octanol–water partition coefficient (Wildman–Crippen LogP) is 1.69. The van der Waals surface area contributed by atoms with Crippen LogP contribution in [0.4, 0.5) is 0 Å². The third-order valence-corrected chi connectivity index (χ3v) is 2.81. The minimum Gasteiger partial charge on any atom is -0.376 e. The average Bonchev–Trinajstić information content (AvgIpc) is 2.19. The second-order valence-electron chi connectivity index (χ2n) is 4.08. The van der Waals surface area contributed by atoms with E-state index in [1.54, 1.807) is 0 Å². The van der Waals surface area contributed by atoms with Gasteiger partial charge in [-0.2, -0.15) is 0 Å². The smallest absolute Gasteiger partial charge is 0.120 e. The number of hydrogen-bond acceptors (Lipinski definition) is 2. The van der Waals surface area contributed by atoms with Crippen LogP contribution >= 0.6 is 0 Å². The van der Waals surface area contributed by atoms with E-state index in [2.05, 4.69) is 17.4 Å². The summed E-state index contributed by atoms with van der Waals surface area (Å²) < 4.78 is 0. The van der Waals surface area contributed by atoms with E-state index in [4.69, 9.17) is 0 Å². The van der Waals surface area contributed by atoms with Gasteiger partial charge in [-0.05, 0) is 31.4 Å². The minimum absolute atomic E-state index is 0.667. The number of hydrogen-bond donors (Lipinski definition) is 2. The zero-order chi connectivity index (χ0) is 9.86. The molecule has 1 aromatic carbocycles. The molecule has 1 heterocycles. The molecule has 0 spiro atoms. The first-order chi connectivity index (χ1) is 6.79. The van der Waals surface area contributed by atoms with Crippen LogP contribution in [0, 0.1) is 0 Å². The van der Waals surface area contributed by atoms with Crippen molar-refractivity contribution in [2.45, 2.75) is 31.4 Å². The van der Waals surface area contributed by atoms with Crippen molar-refractivity contribution in [1.82, 2.24) is 5.32 Å². The van der Waals surface area contributed by atoms with E-state index in [0.29, 0.717) is 6.42 Å². The summed E-state index contributed by atoms with van der Waals surface area (Å²) in [6, 6.07) is 10.2. The second-order valence-corrected chi connectivity index (χ2v) is 4.08. The van der Waals surface area contributed by atoms with Crippen molar-refractivity contribution in [2.24, 2.45) is 0 Å². The summed E-state index contributed by atoms with van der Waals surface area (Å²) in [4.78, 5) is 0. The Morgan fingerprint density at radius 1 is 1.21 bits per heavy atom. The lowest BCUT2D eigenvalue weighted by Crippen LogP contribution is -2.50. The molecule has 1 atom stereocenters. The zero-order valence-electron chi connectivity index (χ0n) is 8.37.